The van der Waals surface area contributed by atoms with E-state index in [1.165, 1.54) is 0 Å². The Balaban J connectivity index is 1.83. The summed E-state index contributed by atoms with van der Waals surface area (Å²) < 4.78 is 16.4. The van der Waals surface area contributed by atoms with E-state index in [9.17, 15) is 9.59 Å². The number of fused-ring (bicyclic) bond motifs is 1. The van der Waals surface area contributed by atoms with E-state index in [0.29, 0.717) is 47.4 Å². The Morgan fingerprint density at radius 2 is 1.96 bits per heavy atom. The van der Waals surface area contributed by atoms with Crippen molar-refractivity contribution in [2.45, 2.75) is 13.8 Å². The molecule has 1 heterocycles. The number of carbonyl (C=O) groups is 2. The van der Waals surface area contributed by atoms with Gasteiger partial charge in [-0.2, -0.15) is 0 Å². The summed E-state index contributed by atoms with van der Waals surface area (Å²) in [6, 6.07) is 10.1. The Labute approximate surface area is 151 Å². The maximum absolute atomic E-state index is 12.6. The highest BCUT2D eigenvalue weighted by atomic mass is 16.5. The van der Waals surface area contributed by atoms with Crippen LogP contribution in [0.3, 0.4) is 0 Å². The van der Waals surface area contributed by atoms with Crippen molar-refractivity contribution in [2.24, 2.45) is 0 Å². The highest BCUT2D eigenvalue weighted by molar-refractivity contribution is 6.06. The van der Waals surface area contributed by atoms with Gasteiger partial charge in [-0.05, 0) is 44.2 Å². The average Bonchev–Trinajstić information content (AvgIpc) is 2.63. The molecule has 0 aliphatic carbocycles. The number of hydrogen-bond donors (Lipinski definition) is 2. The maximum atomic E-state index is 12.6. The number of ether oxygens (including phenoxy) is 3. The number of benzene rings is 2. The number of anilines is 2. The first kappa shape index (κ1) is 17.6. The van der Waals surface area contributed by atoms with Crippen LogP contribution in [0.25, 0.3) is 0 Å². The Kier molecular flexibility index (Phi) is 5.26. The van der Waals surface area contributed by atoms with Gasteiger partial charge >= 0.3 is 0 Å². The molecular formula is C19H20N2O5. The maximum Gasteiger partial charge on any atom is 0.262 e. The first-order valence-corrected chi connectivity index (χ1v) is 8.38. The monoisotopic (exact) mass is 356 g/mol. The molecule has 1 aliphatic rings. The minimum absolute atomic E-state index is 0.0665. The highest BCUT2D eigenvalue weighted by Gasteiger charge is 2.18. The predicted octanol–water partition coefficient (Wildman–Crippen LogP) is 3.07. The molecule has 0 unspecified atom stereocenters. The van der Waals surface area contributed by atoms with Crippen molar-refractivity contribution in [3.05, 3.63) is 42.0 Å². The van der Waals surface area contributed by atoms with E-state index in [1.54, 1.807) is 36.4 Å². The van der Waals surface area contributed by atoms with Crippen molar-refractivity contribution in [1.29, 1.82) is 0 Å². The molecule has 0 saturated carbocycles. The molecule has 0 atom stereocenters. The van der Waals surface area contributed by atoms with Gasteiger partial charge in [-0.3, -0.25) is 9.59 Å². The number of hydrogen-bond acceptors (Lipinski definition) is 5. The van der Waals surface area contributed by atoms with Gasteiger partial charge in [0.05, 0.1) is 24.6 Å². The number of amides is 2. The second kappa shape index (κ2) is 7.77. The molecule has 2 aromatic carbocycles. The summed E-state index contributed by atoms with van der Waals surface area (Å²) in [6.07, 6.45) is 0. The van der Waals surface area contributed by atoms with Gasteiger partial charge in [0.15, 0.2) is 6.61 Å². The number of rotatable bonds is 6. The van der Waals surface area contributed by atoms with Crippen molar-refractivity contribution < 1.29 is 23.8 Å². The predicted molar refractivity (Wildman–Crippen MR) is 97.3 cm³/mol. The lowest BCUT2D eigenvalue weighted by Crippen LogP contribution is -2.25. The van der Waals surface area contributed by atoms with Crippen LogP contribution in [0.2, 0.25) is 0 Å². The molecule has 1 aliphatic heterocycles. The SMILES string of the molecule is CCOc1ccc(OCC)c(NC(=O)c2ccc3c(c2)OCC(=O)N3)c1. The van der Waals surface area contributed by atoms with Crippen LogP contribution in [0.15, 0.2) is 36.4 Å². The van der Waals surface area contributed by atoms with Crippen LogP contribution in [-0.2, 0) is 4.79 Å². The normalized spacial score (nSPS) is 12.5. The molecule has 3 rings (SSSR count). The number of nitrogens with one attached hydrogen (secondary N) is 2. The van der Waals surface area contributed by atoms with Crippen LogP contribution in [0.1, 0.15) is 24.2 Å². The van der Waals surface area contributed by atoms with Gasteiger partial charge in [0.1, 0.15) is 17.2 Å². The van der Waals surface area contributed by atoms with E-state index >= 15 is 0 Å². The summed E-state index contributed by atoms with van der Waals surface area (Å²) in [6.45, 7) is 4.69. The summed E-state index contributed by atoms with van der Waals surface area (Å²) in [5.41, 5.74) is 1.48. The first-order valence-electron chi connectivity index (χ1n) is 8.38. The van der Waals surface area contributed by atoms with E-state index in [4.69, 9.17) is 14.2 Å². The summed E-state index contributed by atoms with van der Waals surface area (Å²) >= 11 is 0. The Morgan fingerprint density at radius 1 is 1.15 bits per heavy atom. The fourth-order valence-electron chi connectivity index (χ4n) is 2.55. The first-order chi connectivity index (χ1) is 12.6. The van der Waals surface area contributed by atoms with Gasteiger partial charge in [-0.1, -0.05) is 0 Å². The molecule has 2 amide bonds. The van der Waals surface area contributed by atoms with E-state index in [1.807, 2.05) is 13.8 Å². The third kappa shape index (κ3) is 3.88. The lowest BCUT2D eigenvalue weighted by Gasteiger charge is -2.18. The minimum Gasteiger partial charge on any atom is -0.494 e. The largest absolute Gasteiger partial charge is 0.494 e. The fourth-order valence-corrected chi connectivity index (χ4v) is 2.55. The lowest BCUT2D eigenvalue weighted by molar-refractivity contribution is -0.118. The Hall–Kier alpha value is -3.22. The molecule has 136 valence electrons. The third-order valence-corrected chi connectivity index (χ3v) is 3.69. The fraction of sp³-hybridized carbons (Fsp3) is 0.263. The van der Waals surface area contributed by atoms with Crippen LogP contribution in [-0.4, -0.2) is 31.6 Å². The van der Waals surface area contributed by atoms with Gasteiger partial charge in [0.2, 0.25) is 0 Å². The van der Waals surface area contributed by atoms with Crippen LogP contribution >= 0.6 is 0 Å². The molecule has 26 heavy (non-hydrogen) atoms. The van der Waals surface area contributed by atoms with Gasteiger partial charge in [0, 0.05) is 11.6 Å². The van der Waals surface area contributed by atoms with Crippen molar-refractivity contribution in [2.75, 3.05) is 30.5 Å². The zero-order chi connectivity index (χ0) is 18.5. The summed E-state index contributed by atoms with van der Waals surface area (Å²) in [5, 5.41) is 5.53. The van der Waals surface area contributed by atoms with Crippen molar-refractivity contribution in [3.63, 3.8) is 0 Å². The van der Waals surface area contributed by atoms with Gasteiger partial charge < -0.3 is 24.8 Å². The summed E-state index contributed by atoms with van der Waals surface area (Å²) in [5.74, 6) is 1.13. The Morgan fingerprint density at radius 3 is 2.73 bits per heavy atom. The third-order valence-electron chi connectivity index (χ3n) is 3.69. The molecule has 7 heteroatoms. The van der Waals surface area contributed by atoms with E-state index in [0.717, 1.165) is 0 Å². The van der Waals surface area contributed by atoms with E-state index < -0.39 is 0 Å². The number of carbonyl (C=O) groups excluding carboxylic acids is 2. The average molecular weight is 356 g/mol. The molecule has 0 bridgehead atoms. The van der Waals surface area contributed by atoms with Crippen molar-refractivity contribution >= 4 is 23.2 Å². The molecule has 0 radical (unpaired) electrons. The zero-order valence-electron chi connectivity index (χ0n) is 14.6. The smallest absolute Gasteiger partial charge is 0.262 e. The van der Waals surface area contributed by atoms with Gasteiger partial charge in [-0.25, -0.2) is 0 Å². The molecule has 0 aromatic heterocycles. The topological polar surface area (TPSA) is 85.9 Å². The molecule has 2 N–H and O–H groups in total. The van der Waals surface area contributed by atoms with Gasteiger partial charge in [-0.15, -0.1) is 0 Å². The second-order valence-corrected chi connectivity index (χ2v) is 5.53. The Bertz CT molecular complexity index is 835. The van der Waals surface area contributed by atoms with Crippen LogP contribution in [0.5, 0.6) is 17.2 Å². The molecule has 7 nitrogen and oxygen atoms in total. The van der Waals surface area contributed by atoms with Crippen molar-refractivity contribution in [3.8, 4) is 17.2 Å². The quantitative estimate of drug-likeness (QED) is 0.831. The van der Waals surface area contributed by atoms with E-state index in [2.05, 4.69) is 10.6 Å². The molecular weight excluding hydrogens is 336 g/mol. The zero-order valence-corrected chi connectivity index (χ0v) is 14.6. The van der Waals surface area contributed by atoms with Crippen LogP contribution in [0, 0.1) is 0 Å². The summed E-state index contributed by atoms with van der Waals surface area (Å²) in [7, 11) is 0. The standard InChI is InChI=1S/C19H20N2O5/c1-3-24-13-6-8-16(25-4-2)15(10-13)21-19(23)12-5-7-14-17(9-12)26-11-18(22)20-14/h5-10H,3-4,11H2,1-2H3,(H,20,22)(H,21,23). The molecule has 0 spiro atoms. The van der Waals surface area contributed by atoms with E-state index in [-0.39, 0.29) is 18.4 Å². The summed E-state index contributed by atoms with van der Waals surface area (Å²) in [4.78, 5) is 24.0. The highest BCUT2D eigenvalue weighted by Crippen LogP contribution is 2.32. The lowest BCUT2D eigenvalue weighted by atomic mass is 10.1. The molecule has 0 saturated heterocycles. The van der Waals surface area contributed by atoms with Gasteiger partial charge in [0.25, 0.3) is 11.8 Å². The molecule has 2 aromatic rings. The minimum atomic E-state index is -0.317. The van der Waals surface area contributed by atoms with Crippen LogP contribution in [0.4, 0.5) is 11.4 Å². The second-order valence-electron chi connectivity index (χ2n) is 5.53. The van der Waals surface area contributed by atoms with Crippen molar-refractivity contribution in [1.82, 2.24) is 0 Å². The molecule has 0 fully saturated rings. The van der Waals surface area contributed by atoms with Crippen LogP contribution < -0.4 is 24.8 Å².